The van der Waals surface area contributed by atoms with Crippen LogP contribution in [0.3, 0.4) is 0 Å². The van der Waals surface area contributed by atoms with Gasteiger partial charge in [0.15, 0.2) is 0 Å². The molecule has 1 aliphatic heterocycles. The average Bonchev–Trinajstić information content (AvgIpc) is 3.00. The number of hydrogen-bond acceptors (Lipinski definition) is 5. The predicted octanol–water partition coefficient (Wildman–Crippen LogP) is 1.20. The van der Waals surface area contributed by atoms with Gasteiger partial charge in [0, 0.05) is 11.3 Å². The van der Waals surface area contributed by atoms with E-state index in [2.05, 4.69) is 15.6 Å². The summed E-state index contributed by atoms with van der Waals surface area (Å²) < 4.78 is 30.0. The van der Waals surface area contributed by atoms with E-state index in [0.717, 1.165) is 0 Å². The lowest BCUT2D eigenvalue weighted by atomic mass is 10.2. The number of carbonyl (C=O) groups is 2. The molecule has 0 saturated heterocycles. The summed E-state index contributed by atoms with van der Waals surface area (Å²) in [5, 5.41) is 2.63. The summed E-state index contributed by atoms with van der Waals surface area (Å²) in [6, 6.07) is 10.6. The van der Waals surface area contributed by atoms with E-state index >= 15 is 0 Å². The minimum Gasteiger partial charge on any atom is -0.494 e. The van der Waals surface area contributed by atoms with E-state index in [1.807, 2.05) is 6.92 Å². The van der Waals surface area contributed by atoms with Gasteiger partial charge >= 0.3 is 0 Å². The Bertz CT molecular complexity index is 955. The number of ether oxygens (including phenoxy) is 1. The molecule has 2 aromatic rings. The zero-order valence-corrected chi connectivity index (χ0v) is 14.7. The number of carbonyl (C=O) groups excluding carboxylic acids is 2. The highest BCUT2D eigenvalue weighted by molar-refractivity contribution is 7.89. The second-order valence-electron chi connectivity index (χ2n) is 5.56. The first-order valence-electron chi connectivity index (χ1n) is 7.87. The van der Waals surface area contributed by atoms with Gasteiger partial charge in [0.25, 0.3) is 15.9 Å². The van der Waals surface area contributed by atoms with Crippen LogP contribution < -0.4 is 20.3 Å². The predicted molar refractivity (Wildman–Crippen MR) is 94.2 cm³/mol. The van der Waals surface area contributed by atoms with E-state index in [9.17, 15) is 18.0 Å². The molecule has 1 aliphatic rings. The molecule has 3 N–H and O–H groups in total. The van der Waals surface area contributed by atoms with Crippen molar-refractivity contribution >= 4 is 27.5 Å². The molecule has 0 fully saturated rings. The van der Waals surface area contributed by atoms with E-state index in [0.29, 0.717) is 23.6 Å². The molecule has 0 atom stereocenters. The van der Waals surface area contributed by atoms with Crippen LogP contribution in [-0.2, 0) is 21.2 Å². The summed E-state index contributed by atoms with van der Waals surface area (Å²) in [6.45, 7) is 2.35. The number of anilines is 1. The Morgan fingerprint density at radius 3 is 2.62 bits per heavy atom. The van der Waals surface area contributed by atoms with Crippen LogP contribution in [-0.4, -0.2) is 26.8 Å². The molecule has 136 valence electrons. The van der Waals surface area contributed by atoms with Crippen molar-refractivity contribution in [3.63, 3.8) is 0 Å². The highest BCUT2D eigenvalue weighted by Crippen LogP contribution is 2.25. The molecule has 1 heterocycles. The molecular formula is C17H17N3O5S. The van der Waals surface area contributed by atoms with E-state index in [1.165, 1.54) is 30.3 Å². The molecule has 26 heavy (non-hydrogen) atoms. The maximum absolute atomic E-state index is 12.3. The van der Waals surface area contributed by atoms with Crippen molar-refractivity contribution in [2.24, 2.45) is 0 Å². The average molecular weight is 375 g/mol. The maximum atomic E-state index is 12.3. The van der Waals surface area contributed by atoms with Crippen molar-refractivity contribution in [2.45, 2.75) is 18.2 Å². The molecule has 0 saturated carbocycles. The lowest BCUT2D eigenvalue weighted by Crippen LogP contribution is -2.41. The van der Waals surface area contributed by atoms with Gasteiger partial charge in [-0.3, -0.25) is 15.0 Å². The van der Waals surface area contributed by atoms with Gasteiger partial charge in [0.2, 0.25) is 5.91 Å². The van der Waals surface area contributed by atoms with Crippen molar-refractivity contribution in [1.29, 1.82) is 0 Å². The molecule has 0 aliphatic carbocycles. The van der Waals surface area contributed by atoms with Crippen LogP contribution in [0.1, 0.15) is 22.8 Å². The van der Waals surface area contributed by atoms with Crippen molar-refractivity contribution in [3.05, 3.63) is 53.6 Å². The van der Waals surface area contributed by atoms with Crippen molar-refractivity contribution < 1.29 is 22.7 Å². The van der Waals surface area contributed by atoms with Gasteiger partial charge in [0.05, 0.1) is 17.9 Å². The van der Waals surface area contributed by atoms with Crippen LogP contribution >= 0.6 is 0 Å². The van der Waals surface area contributed by atoms with E-state index < -0.39 is 15.9 Å². The van der Waals surface area contributed by atoms with Gasteiger partial charge in [-0.2, -0.15) is 0 Å². The Balaban J connectivity index is 1.67. The minimum atomic E-state index is -3.96. The molecule has 0 aromatic heterocycles. The van der Waals surface area contributed by atoms with Gasteiger partial charge in [-0.15, -0.1) is 4.83 Å². The zero-order valence-electron chi connectivity index (χ0n) is 13.9. The summed E-state index contributed by atoms with van der Waals surface area (Å²) in [7, 11) is -3.96. The van der Waals surface area contributed by atoms with Crippen LogP contribution in [0.5, 0.6) is 5.75 Å². The first-order chi connectivity index (χ1) is 12.4. The Kier molecular flexibility index (Phi) is 4.92. The van der Waals surface area contributed by atoms with Crippen molar-refractivity contribution in [3.8, 4) is 5.75 Å². The quantitative estimate of drug-likeness (QED) is 0.657. The summed E-state index contributed by atoms with van der Waals surface area (Å²) in [5.74, 6) is -0.174. The summed E-state index contributed by atoms with van der Waals surface area (Å²) in [5.41, 5.74) is 3.63. The number of nitrogens with one attached hydrogen (secondary N) is 3. The Morgan fingerprint density at radius 2 is 1.92 bits per heavy atom. The highest BCUT2D eigenvalue weighted by atomic mass is 32.2. The molecule has 0 unspecified atom stereocenters. The maximum Gasteiger partial charge on any atom is 0.266 e. The summed E-state index contributed by atoms with van der Waals surface area (Å²) in [6.07, 6.45) is 0.122. The third-order valence-electron chi connectivity index (χ3n) is 3.74. The van der Waals surface area contributed by atoms with Gasteiger partial charge in [-0.1, -0.05) is 0 Å². The SMILES string of the molecule is CCOc1ccc(C(=O)NNS(=O)(=O)c2ccc3c(c2)CC(=O)N3)cc1. The molecule has 2 amide bonds. The number of hydrazine groups is 1. The monoisotopic (exact) mass is 375 g/mol. The zero-order chi connectivity index (χ0) is 18.7. The Morgan fingerprint density at radius 1 is 1.19 bits per heavy atom. The number of benzene rings is 2. The molecule has 0 radical (unpaired) electrons. The first-order valence-corrected chi connectivity index (χ1v) is 9.35. The standard InChI is InChI=1S/C17H17N3O5S/c1-2-25-13-5-3-11(4-6-13)17(22)19-20-26(23,24)14-7-8-15-12(9-14)10-16(21)18-15/h3-9,20H,2,10H2,1H3,(H,18,21)(H,19,22). The minimum absolute atomic E-state index is 0.0419. The second kappa shape index (κ2) is 7.14. The van der Waals surface area contributed by atoms with Gasteiger partial charge in [0.1, 0.15) is 5.75 Å². The van der Waals surface area contributed by atoms with Gasteiger partial charge < -0.3 is 10.1 Å². The van der Waals surface area contributed by atoms with Gasteiger partial charge in [-0.05, 0) is 55.0 Å². The third kappa shape index (κ3) is 3.84. The lowest BCUT2D eigenvalue weighted by molar-refractivity contribution is -0.115. The fraction of sp³-hybridized carbons (Fsp3) is 0.176. The van der Waals surface area contributed by atoms with Crippen LogP contribution in [0.4, 0.5) is 5.69 Å². The number of rotatable bonds is 6. The van der Waals surface area contributed by atoms with Crippen LogP contribution in [0, 0.1) is 0 Å². The van der Waals surface area contributed by atoms with Crippen LogP contribution in [0.2, 0.25) is 0 Å². The number of hydrogen-bond donors (Lipinski definition) is 3. The number of amides is 2. The fourth-order valence-electron chi connectivity index (χ4n) is 2.49. The second-order valence-corrected chi connectivity index (χ2v) is 7.24. The molecule has 2 aromatic carbocycles. The van der Waals surface area contributed by atoms with Crippen molar-refractivity contribution in [1.82, 2.24) is 10.3 Å². The van der Waals surface area contributed by atoms with E-state index in [1.54, 1.807) is 12.1 Å². The highest BCUT2D eigenvalue weighted by Gasteiger charge is 2.22. The smallest absolute Gasteiger partial charge is 0.266 e. The Labute approximate surface area is 150 Å². The third-order valence-corrected chi connectivity index (χ3v) is 4.98. The van der Waals surface area contributed by atoms with Gasteiger partial charge in [-0.25, -0.2) is 8.42 Å². The van der Waals surface area contributed by atoms with Crippen LogP contribution in [0.15, 0.2) is 47.4 Å². The summed E-state index contributed by atoms with van der Waals surface area (Å²) in [4.78, 5) is 25.5. The number of sulfonamides is 1. The van der Waals surface area contributed by atoms with E-state index in [4.69, 9.17) is 4.74 Å². The molecule has 3 rings (SSSR count). The normalized spacial score (nSPS) is 13.0. The number of fused-ring (bicyclic) bond motifs is 1. The molecule has 9 heteroatoms. The van der Waals surface area contributed by atoms with E-state index in [-0.39, 0.29) is 22.8 Å². The largest absolute Gasteiger partial charge is 0.494 e. The fourth-order valence-corrected chi connectivity index (χ4v) is 3.38. The molecule has 0 spiro atoms. The summed E-state index contributed by atoms with van der Waals surface area (Å²) >= 11 is 0. The van der Waals surface area contributed by atoms with Crippen LogP contribution in [0.25, 0.3) is 0 Å². The first kappa shape index (κ1) is 17.9. The Hall–Kier alpha value is -2.91. The lowest BCUT2D eigenvalue weighted by Gasteiger charge is -2.10. The van der Waals surface area contributed by atoms with Crippen molar-refractivity contribution in [2.75, 3.05) is 11.9 Å². The molecule has 8 nitrogen and oxygen atoms in total. The topological polar surface area (TPSA) is 114 Å². The molecular weight excluding hydrogens is 358 g/mol. The molecule has 0 bridgehead atoms.